The summed E-state index contributed by atoms with van der Waals surface area (Å²) in [6.07, 6.45) is 3.74. The van der Waals surface area contributed by atoms with Crippen LogP contribution in [0.2, 0.25) is 0 Å². The Labute approximate surface area is 136 Å². The Hall–Kier alpha value is -1.72. The maximum Gasteiger partial charge on any atom is 0.241 e. The van der Waals surface area contributed by atoms with Crippen molar-refractivity contribution in [3.8, 4) is 11.4 Å². The smallest absolute Gasteiger partial charge is 0.241 e. The van der Waals surface area contributed by atoms with Crippen molar-refractivity contribution < 1.29 is 9.26 Å². The first-order valence-electron chi connectivity index (χ1n) is 8.49. The predicted molar refractivity (Wildman–Crippen MR) is 86.8 cm³/mol. The minimum absolute atomic E-state index is 0.648. The van der Waals surface area contributed by atoms with E-state index in [2.05, 4.69) is 34.1 Å². The van der Waals surface area contributed by atoms with Gasteiger partial charge >= 0.3 is 0 Å². The molecule has 2 fully saturated rings. The van der Waals surface area contributed by atoms with E-state index in [0.717, 1.165) is 31.9 Å². The molecular weight excluding hydrogens is 290 g/mol. The molecule has 2 aromatic rings. The van der Waals surface area contributed by atoms with E-state index in [1.165, 1.54) is 24.8 Å². The summed E-state index contributed by atoms with van der Waals surface area (Å²) < 4.78 is 11.0. The standard InChI is InChI=1S/C18H23N3O2/c1-13-3-2-4-15(9-13)18-19-17(23-20-18)11-21(16-5-6-16)10-14-7-8-22-12-14/h2-4,9,14,16H,5-8,10-12H2,1H3/t14-/m1/s1. The van der Waals surface area contributed by atoms with E-state index in [-0.39, 0.29) is 0 Å². The molecule has 1 atom stereocenters. The Bertz CT molecular complexity index is 660. The normalized spacial score (nSPS) is 21.2. The van der Waals surface area contributed by atoms with E-state index < -0.39 is 0 Å². The topological polar surface area (TPSA) is 51.4 Å². The summed E-state index contributed by atoms with van der Waals surface area (Å²) in [7, 11) is 0. The Morgan fingerprint density at radius 3 is 2.91 bits per heavy atom. The van der Waals surface area contributed by atoms with Crippen molar-refractivity contribution in [1.82, 2.24) is 15.0 Å². The third-order valence-electron chi connectivity index (χ3n) is 4.66. The largest absolute Gasteiger partial charge is 0.381 e. The fourth-order valence-electron chi connectivity index (χ4n) is 3.24. The number of aromatic nitrogens is 2. The molecule has 5 heteroatoms. The third kappa shape index (κ3) is 3.62. The summed E-state index contributed by atoms with van der Waals surface area (Å²) in [6, 6.07) is 8.89. The molecule has 23 heavy (non-hydrogen) atoms. The van der Waals surface area contributed by atoms with E-state index >= 15 is 0 Å². The third-order valence-corrected chi connectivity index (χ3v) is 4.66. The first kappa shape index (κ1) is 14.8. The molecule has 0 bridgehead atoms. The van der Waals surface area contributed by atoms with E-state index in [1.54, 1.807) is 0 Å². The van der Waals surface area contributed by atoms with Gasteiger partial charge in [-0.1, -0.05) is 28.9 Å². The predicted octanol–water partition coefficient (Wildman–Crippen LogP) is 3.05. The molecule has 0 radical (unpaired) electrons. The van der Waals surface area contributed by atoms with Crippen LogP contribution in [0.1, 0.15) is 30.7 Å². The molecule has 1 saturated carbocycles. The molecule has 5 nitrogen and oxygen atoms in total. The molecule has 4 rings (SSSR count). The minimum atomic E-state index is 0.648. The van der Waals surface area contributed by atoms with Crippen molar-refractivity contribution in [2.45, 2.75) is 38.8 Å². The van der Waals surface area contributed by atoms with Crippen LogP contribution < -0.4 is 0 Å². The number of nitrogens with zero attached hydrogens (tertiary/aromatic N) is 3. The number of aryl methyl sites for hydroxylation is 1. The van der Waals surface area contributed by atoms with Crippen molar-refractivity contribution in [1.29, 1.82) is 0 Å². The van der Waals surface area contributed by atoms with Crippen LogP contribution in [0.25, 0.3) is 11.4 Å². The highest BCUT2D eigenvalue weighted by Crippen LogP contribution is 2.30. The van der Waals surface area contributed by atoms with Crippen molar-refractivity contribution in [2.24, 2.45) is 5.92 Å². The van der Waals surface area contributed by atoms with Gasteiger partial charge in [0.2, 0.25) is 11.7 Å². The van der Waals surface area contributed by atoms with Crippen molar-refractivity contribution in [3.63, 3.8) is 0 Å². The number of hydrogen-bond acceptors (Lipinski definition) is 5. The van der Waals surface area contributed by atoms with Crippen LogP contribution in [-0.4, -0.2) is 40.8 Å². The Kier molecular flexibility index (Phi) is 4.14. The van der Waals surface area contributed by atoms with Gasteiger partial charge in [-0.3, -0.25) is 4.90 Å². The SMILES string of the molecule is Cc1cccc(-c2noc(CN(C[C@H]3CCOC3)C3CC3)n2)c1. The van der Waals surface area contributed by atoms with Gasteiger partial charge in [0.15, 0.2) is 0 Å². The van der Waals surface area contributed by atoms with Gasteiger partial charge in [0, 0.05) is 24.8 Å². The van der Waals surface area contributed by atoms with Gasteiger partial charge in [0.25, 0.3) is 0 Å². The minimum Gasteiger partial charge on any atom is -0.381 e. The summed E-state index contributed by atoms with van der Waals surface area (Å²) in [5, 5.41) is 4.15. The highest BCUT2D eigenvalue weighted by atomic mass is 16.5. The Balaban J connectivity index is 1.45. The zero-order valence-electron chi connectivity index (χ0n) is 13.6. The molecular formula is C18H23N3O2. The maximum atomic E-state index is 5.50. The Morgan fingerprint density at radius 1 is 1.26 bits per heavy atom. The van der Waals surface area contributed by atoms with Crippen LogP contribution in [0, 0.1) is 12.8 Å². The van der Waals surface area contributed by atoms with E-state index in [4.69, 9.17) is 9.26 Å². The van der Waals surface area contributed by atoms with Crippen LogP contribution in [0.4, 0.5) is 0 Å². The second-order valence-corrected chi connectivity index (χ2v) is 6.77. The van der Waals surface area contributed by atoms with Crippen LogP contribution in [0.5, 0.6) is 0 Å². The van der Waals surface area contributed by atoms with E-state index in [0.29, 0.717) is 23.7 Å². The zero-order chi connectivity index (χ0) is 15.6. The van der Waals surface area contributed by atoms with Gasteiger partial charge in [-0.25, -0.2) is 0 Å². The average molecular weight is 313 g/mol. The monoisotopic (exact) mass is 313 g/mol. The molecule has 2 aliphatic rings. The highest BCUT2D eigenvalue weighted by molar-refractivity contribution is 5.55. The fraction of sp³-hybridized carbons (Fsp3) is 0.556. The van der Waals surface area contributed by atoms with Crippen molar-refractivity contribution in [3.05, 3.63) is 35.7 Å². The molecule has 0 amide bonds. The van der Waals surface area contributed by atoms with Gasteiger partial charge < -0.3 is 9.26 Å². The lowest BCUT2D eigenvalue weighted by atomic mass is 10.1. The van der Waals surface area contributed by atoms with Crippen molar-refractivity contribution in [2.75, 3.05) is 19.8 Å². The van der Waals surface area contributed by atoms with Crippen LogP contribution in [0.3, 0.4) is 0 Å². The zero-order valence-corrected chi connectivity index (χ0v) is 13.6. The maximum absolute atomic E-state index is 5.50. The van der Waals surface area contributed by atoms with E-state index in [1.807, 2.05) is 12.1 Å². The quantitative estimate of drug-likeness (QED) is 0.820. The van der Waals surface area contributed by atoms with Crippen LogP contribution in [0.15, 0.2) is 28.8 Å². The lowest BCUT2D eigenvalue weighted by molar-refractivity contribution is 0.153. The molecule has 2 heterocycles. The fourth-order valence-corrected chi connectivity index (χ4v) is 3.24. The summed E-state index contributed by atoms with van der Waals surface area (Å²) >= 11 is 0. The second kappa shape index (κ2) is 6.42. The number of benzene rings is 1. The lowest BCUT2D eigenvalue weighted by Crippen LogP contribution is -2.31. The molecule has 1 aliphatic carbocycles. The molecule has 0 N–H and O–H groups in total. The second-order valence-electron chi connectivity index (χ2n) is 6.77. The number of hydrogen-bond donors (Lipinski definition) is 0. The first-order chi connectivity index (χ1) is 11.3. The van der Waals surface area contributed by atoms with E-state index in [9.17, 15) is 0 Å². The number of rotatable bonds is 6. The molecule has 122 valence electrons. The average Bonchev–Trinajstić information content (AvgIpc) is 3.07. The first-order valence-corrected chi connectivity index (χ1v) is 8.49. The highest BCUT2D eigenvalue weighted by Gasteiger charge is 2.32. The molecule has 1 aromatic heterocycles. The summed E-state index contributed by atoms with van der Waals surface area (Å²) in [4.78, 5) is 7.09. The van der Waals surface area contributed by atoms with Gasteiger partial charge in [0.1, 0.15) is 0 Å². The molecule has 1 aromatic carbocycles. The summed E-state index contributed by atoms with van der Waals surface area (Å²) in [5.41, 5.74) is 2.22. The summed E-state index contributed by atoms with van der Waals surface area (Å²) in [6.45, 7) is 5.69. The Morgan fingerprint density at radius 2 is 2.17 bits per heavy atom. The van der Waals surface area contributed by atoms with Crippen LogP contribution in [-0.2, 0) is 11.3 Å². The van der Waals surface area contributed by atoms with Gasteiger partial charge in [0.05, 0.1) is 13.2 Å². The molecule has 1 aliphatic heterocycles. The van der Waals surface area contributed by atoms with Crippen molar-refractivity contribution >= 4 is 0 Å². The molecule has 0 spiro atoms. The van der Waals surface area contributed by atoms with Gasteiger partial charge in [-0.2, -0.15) is 4.98 Å². The van der Waals surface area contributed by atoms with Gasteiger partial charge in [-0.15, -0.1) is 0 Å². The number of ether oxygens (including phenoxy) is 1. The molecule has 1 saturated heterocycles. The van der Waals surface area contributed by atoms with Crippen LogP contribution >= 0.6 is 0 Å². The summed E-state index contributed by atoms with van der Waals surface area (Å²) in [5.74, 6) is 2.05. The lowest BCUT2D eigenvalue weighted by Gasteiger charge is -2.22. The molecule has 0 unspecified atom stereocenters. The van der Waals surface area contributed by atoms with Gasteiger partial charge in [-0.05, 0) is 38.2 Å².